The van der Waals surface area contributed by atoms with E-state index < -0.39 is 0 Å². The largest absolute Gasteiger partial charge is 0.376 e. The molecule has 0 saturated carbocycles. The first kappa shape index (κ1) is 23.4. The van der Waals surface area contributed by atoms with E-state index in [1.54, 1.807) is 29.4 Å². The summed E-state index contributed by atoms with van der Waals surface area (Å²) in [6.07, 6.45) is 3.52. The predicted octanol–water partition coefficient (Wildman–Crippen LogP) is 4.16. The minimum Gasteiger partial charge on any atom is -0.376 e. The smallest absolute Gasteiger partial charge is 0.259 e. The standard InChI is InChI=1S/C26H31N3O3S/c1-18-14-24(30)25(26(31)28(3)15-21-17-33-19(2)27-21)23(12-11-20-8-5-4-6-9-20)29(18)16-22-10-7-13-32-22/h4-6,8-9,14,17,22H,7,10-13,15-16H2,1-3H3/t22-/m0/s1. The van der Waals surface area contributed by atoms with Gasteiger partial charge in [0.05, 0.1) is 23.4 Å². The van der Waals surface area contributed by atoms with Crippen molar-refractivity contribution in [2.75, 3.05) is 13.7 Å². The van der Waals surface area contributed by atoms with Crippen molar-refractivity contribution in [3.8, 4) is 0 Å². The number of aryl methyl sites for hydroxylation is 3. The Labute approximate surface area is 198 Å². The molecule has 3 heterocycles. The zero-order chi connectivity index (χ0) is 23.4. The van der Waals surface area contributed by atoms with Crippen molar-refractivity contribution in [1.29, 1.82) is 0 Å². The third-order valence-corrected chi connectivity index (χ3v) is 6.98. The summed E-state index contributed by atoms with van der Waals surface area (Å²) in [6, 6.07) is 11.8. The van der Waals surface area contributed by atoms with Crippen LogP contribution in [0.3, 0.4) is 0 Å². The number of pyridine rings is 1. The SMILES string of the molecule is Cc1nc(CN(C)C(=O)c2c(CCc3ccccc3)n(C[C@@H]3CCCO3)c(C)cc2=O)cs1. The Balaban J connectivity index is 1.69. The van der Waals surface area contributed by atoms with Gasteiger partial charge >= 0.3 is 0 Å². The lowest BCUT2D eigenvalue weighted by molar-refractivity contribution is 0.0776. The van der Waals surface area contributed by atoms with E-state index in [1.807, 2.05) is 37.4 Å². The number of thiazole rings is 1. The number of carbonyl (C=O) groups is 1. The maximum Gasteiger partial charge on any atom is 0.259 e. The van der Waals surface area contributed by atoms with Crippen LogP contribution in [0, 0.1) is 13.8 Å². The molecule has 2 aromatic heterocycles. The number of benzene rings is 1. The van der Waals surface area contributed by atoms with Gasteiger partial charge in [-0.05, 0) is 45.1 Å². The van der Waals surface area contributed by atoms with Crippen molar-refractivity contribution in [3.05, 3.63) is 85.2 Å². The fraction of sp³-hybridized carbons (Fsp3) is 0.423. The highest BCUT2D eigenvalue weighted by molar-refractivity contribution is 7.09. The van der Waals surface area contributed by atoms with Crippen molar-refractivity contribution in [2.45, 2.75) is 58.7 Å². The van der Waals surface area contributed by atoms with Gasteiger partial charge in [0.1, 0.15) is 5.56 Å². The summed E-state index contributed by atoms with van der Waals surface area (Å²) in [7, 11) is 1.74. The van der Waals surface area contributed by atoms with Gasteiger partial charge < -0.3 is 14.2 Å². The molecule has 0 radical (unpaired) electrons. The first-order chi connectivity index (χ1) is 15.9. The van der Waals surface area contributed by atoms with Crippen LogP contribution in [0.5, 0.6) is 0 Å². The van der Waals surface area contributed by atoms with Crippen LogP contribution in [-0.4, -0.2) is 40.1 Å². The highest BCUT2D eigenvalue weighted by Gasteiger charge is 2.25. The lowest BCUT2D eigenvalue weighted by Crippen LogP contribution is -2.35. The average Bonchev–Trinajstić information content (AvgIpc) is 3.46. The predicted molar refractivity (Wildman–Crippen MR) is 131 cm³/mol. The van der Waals surface area contributed by atoms with E-state index in [4.69, 9.17) is 4.74 Å². The van der Waals surface area contributed by atoms with Crippen LogP contribution in [-0.2, 0) is 30.7 Å². The molecule has 0 spiro atoms. The summed E-state index contributed by atoms with van der Waals surface area (Å²) in [5.41, 5.74) is 3.73. The van der Waals surface area contributed by atoms with Crippen LogP contribution in [0.25, 0.3) is 0 Å². The number of ether oxygens (including phenoxy) is 1. The number of nitrogens with zero attached hydrogens (tertiary/aromatic N) is 3. The molecule has 1 amide bonds. The number of carbonyl (C=O) groups excluding carboxylic acids is 1. The lowest BCUT2D eigenvalue weighted by atomic mass is 10.0. The Morgan fingerprint density at radius 2 is 2.03 bits per heavy atom. The van der Waals surface area contributed by atoms with Gasteiger partial charge in [-0.3, -0.25) is 9.59 Å². The highest BCUT2D eigenvalue weighted by Crippen LogP contribution is 2.20. The van der Waals surface area contributed by atoms with E-state index in [0.29, 0.717) is 19.5 Å². The van der Waals surface area contributed by atoms with Gasteiger partial charge in [-0.25, -0.2) is 4.98 Å². The van der Waals surface area contributed by atoms with Crippen LogP contribution < -0.4 is 5.43 Å². The van der Waals surface area contributed by atoms with Crippen molar-refractivity contribution in [2.24, 2.45) is 0 Å². The Morgan fingerprint density at radius 3 is 2.70 bits per heavy atom. The van der Waals surface area contributed by atoms with E-state index in [0.717, 1.165) is 48.0 Å². The quantitative estimate of drug-likeness (QED) is 0.501. The Kier molecular flexibility index (Phi) is 7.40. The van der Waals surface area contributed by atoms with Gasteiger partial charge in [0.25, 0.3) is 5.91 Å². The molecule has 1 atom stereocenters. The molecule has 0 bridgehead atoms. The zero-order valence-corrected chi connectivity index (χ0v) is 20.4. The van der Waals surface area contributed by atoms with Crippen LogP contribution in [0.2, 0.25) is 0 Å². The maximum absolute atomic E-state index is 13.6. The summed E-state index contributed by atoms with van der Waals surface area (Å²) >= 11 is 1.56. The number of rotatable bonds is 8. The molecule has 6 nitrogen and oxygen atoms in total. The fourth-order valence-electron chi connectivity index (χ4n) is 4.46. The summed E-state index contributed by atoms with van der Waals surface area (Å²) in [4.78, 5) is 32.8. The van der Waals surface area contributed by atoms with Gasteiger partial charge in [-0.2, -0.15) is 0 Å². The summed E-state index contributed by atoms with van der Waals surface area (Å²) in [6.45, 7) is 5.69. The van der Waals surface area contributed by atoms with Crippen LogP contribution in [0.1, 0.15) is 50.9 Å². The van der Waals surface area contributed by atoms with E-state index in [1.165, 1.54) is 5.56 Å². The minimum atomic E-state index is -0.255. The van der Waals surface area contributed by atoms with Gasteiger partial charge in [-0.15, -0.1) is 11.3 Å². The molecule has 4 rings (SSSR count). The molecule has 3 aromatic rings. The molecule has 7 heteroatoms. The number of amides is 1. The third kappa shape index (κ3) is 5.60. The molecule has 0 unspecified atom stereocenters. The Morgan fingerprint density at radius 1 is 1.24 bits per heavy atom. The second-order valence-corrected chi connectivity index (χ2v) is 9.78. The molecule has 33 heavy (non-hydrogen) atoms. The first-order valence-corrected chi connectivity index (χ1v) is 12.4. The van der Waals surface area contributed by atoms with Crippen LogP contribution in [0.15, 0.2) is 46.6 Å². The van der Waals surface area contributed by atoms with Crippen molar-refractivity contribution in [1.82, 2.24) is 14.5 Å². The van der Waals surface area contributed by atoms with Gasteiger partial charge in [0.2, 0.25) is 0 Å². The Bertz CT molecular complexity index is 1160. The van der Waals surface area contributed by atoms with E-state index in [2.05, 4.69) is 21.7 Å². The van der Waals surface area contributed by atoms with E-state index in [9.17, 15) is 9.59 Å². The molecule has 1 aliphatic rings. The molecule has 1 saturated heterocycles. The first-order valence-electron chi connectivity index (χ1n) is 11.5. The summed E-state index contributed by atoms with van der Waals surface area (Å²) in [5, 5.41) is 2.92. The van der Waals surface area contributed by atoms with Crippen LogP contribution in [0.4, 0.5) is 0 Å². The van der Waals surface area contributed by atoms with Gasteiger partial charge in [-0.1, -0.05) is 30.3 Å². The monoisotopic (exact) mass is 465 g/mol. The topological polar surface area (TPSA) is 64.4 Å². The number of aromatic nitrogens is 2. The summed E-state index contributed by atoms with van der Waals surface area (Å²) in [5.74, 6) is -0.255. The van der Waals surface area contributed by atoms with Crippen molar-refractivity contribution < 1.29 is 9.53 Å². The molecular weight excluding hydrogens is 434 g/mol. The van der Waals surface area contributed by atoms with E-state index >= 15 is 0 Å². The average molecular weight is 466 g/mol. The molecule has 1 aromatic carbocycles. The van der Waals surface area contributed by atoms with Crippen molar-refractivity contribution in [3.63, 3.8) is 0 Å². The number of hydrogen-bond donors (Lipinski definition) is 0. The lowest BCUT2D eigenvalue weighted by Gasteiger charge is -2.24. The molecule has 0 aliphatic carbocycles. The normalized spacial score (nSPS) is 15.7. The molecule has 0 N–H and O–H groups in total. The fourth-order valence-corrected chi connectivity index (χ4v) is 5.06. The van der Waals surface area contributed by atoms with Crippen LogP contribution >= 0.6 is 11.3 Å². The zero-order valence-electron chi connectivity index (χ0n) is 19.5. The summed E-state index contributed by atoms with van der Waals surface area (Å²) < 4.78 is 8.02. The molecule has 1 fully saturated rings. The highest BCUT2D eigenvalue weighted by atomic mass is 32.1. The number of hydrogen-bond acceptors (Lipinski definition) is 5. The third-order valence-electron chi connectivity index (χ3n) is 6.16. The van der Waals surface area contributed by atoms with E-state index in [-0.39, 0.29) is 23.0 Å². The molecular formula is C26H31N3O3S. The van der Waals surface area contributed by atoms with Gasteiger partial charge in [0, 0.05) is 43.0 Å². The minimum absolute atomic E-state index is 0.111. The van der Waals surface area contributed by atoms with Gasteiger partial charge in [0.15, 0.2) is 5.43 Å². The Hall–Kier alpha value is -2.77. The second-order valence-electron chi connectivity index (χ2n) is 8.72. The van der Waals surface area contributed by atoms with Crippen molar-refractivity contribution >= 4 is 17.2 Å². The maximum atomic E-state index is 13.6. The molecule has 174 valence electrons. The second kappa shape index (κ2) is 10.4. The molecule has 1 aliphatic heterocycles.